The fraction of sp³-hybridized carbons (Fsp3) is 1.00. The van der Waals surface area contributed by atoms with Gasteiger partial charge in [0.25, 0.3) is 0 Å². The Balaban J connectivity index is 2.01. The van der Waals surface area contributed by atoms with E-state index in [-0.39, 0.29) is 0 Å². The molecule has 3 nitrogen and oxygen atoms in total. The second-order valence-corrected chi connectivity index (χ2v) is 1.19. The maximum absolute atomic E-state index is 9.29. The molecule has 3 heteroatoms. The molecule has 1 fully saturated rings. The Hall–Kier alpha value is -0.120. The SMILES string of the molecule is [O]OC1CCO1. The van der Waals surface area contributed by atoms with Crippen molar-refractivity contribution in [2.24, 2.45) is 0 Å². The predicted octanol–water partition coefficient (Wildman–Crippen LogP) is 0.0949. The maximum Gasteiger partial charge on any atom is 0.196 e. The van der Waals surface area contributed by atoms with E-state index in [1.807, 2.05) is 0 Å². The molecule has 0 N–H and O–H groups in total. The zero-order chi connectivity index (χ0) is 4.41. The third-order valence-corrected chi connectivity index (χ3v) is 0.765. The summed E-state index contributed by atoms with van der Waals surface area (Å²) >= 11 is 0. The van der Waals surface area contributed by atoms with Gasteiger partial charge in [0.2, 0.25) is 0 Å². The standard InChI is InChI=1S/C3H5O3/c4-6-3-1-2-5-3/h3H,1-2H2. The lowest BCUT2D eigenvalue weighted by atomic mass is 10.4. The van der Waals surface area contributed by atoms with Crippen LogP contribution in [0.4, 0.5) is 0 Å². The van der Waals surface area contributed by atoms with Crippen molar-refractivity contribution in [3.05, 3.63) is 0 Å². The van der Waals surface area contributed by atoms with Crippen LogP contribution < -0.4 is 0 Å². The maximum atomic E-state index is 9.29. The summed E-state index contributed by atoms with van der Waals surface area (Å²) in [6, 6.07) is 0. The van der Waals surface area contributed by atoms with Crippen LogP contribution in [-0.4, -0.2) is 12.9 Å². The molecule has 1 rings (SSSR count). The van der Waals surface area contributed by atoms with E-state index in [1.165, 1.54) is 0 Å². The highest BCUT2D eigenvalue weighted by atomic mass is 17.1. The second kappa shape index (κ2) is 1.55. The zero-order valence-electron chi connectivity index (χ0n) is 3.22. The highest BCUT2D eigenvalue weighted by molar-refractivity contribution is 4.50. The van der Waals surface area contributed by atoms with Crippen LogP contribution in [0.2, 0.25) is 0 Å². The number of hydrogen-bond acceptors (Lipinski definition) is 2. The minimum absolute atomic E-state index is 0.440. The van der Waals surface area contributed by atoms with Crippen LogP contribution in [0, 0.1) is 0 Å². The Morgan fingerprint density at radius 1 is 1.83 bits per heavy atom. The molecule has 0 aromatic carbocycles. The van der Waals surface area contributed by atoms with Crippen LogP contribution in [0.25, 0.3) is 0 Å². The summed E-state index contributed by atoms with van der Waals surface area (Å²) in [5.74, 6) is 0. The van der Waals surface area contributed by atoms with Crippen molar-refractivity contribution in [3.63, 3.8) is 0 Å². The molecule has 0 aromatic heterocycles. The summed E-state index contributed by atoms with van der Waals surface area (Å²) in [6.07, 6.45) is 0.314. The van der Waals surface area contributed by atoms with E-state index in [9.17, 15) is 5.26 Å². The fourth-order valence-corrected chi connectivity index (χ4v) is 0.290. The molecule has 1 unspecified atom stereocenters. The first kappa shape index (κ1) is 4.05. The number of rotatable bonds is 1. The monoisotopic (exact) mass is 89.0 g/mol. The van der Waals surface area contributed by atoms with Gasteiger partial charge in [0.05, 0.1) is 6.61 Å². The summed E-state index contributed by atoms with van der Waals surface area (Å²) in [5, 5.41) is 9.29. The molecule has 1 heterocycles. The molecule has 1 radical (unpaired) electrons. The minimum Gasteiger partial charge on any atom is -0.349 e. The van der Waals surface area contributed by atoms with Crippen molar-refractivity contribution in [3.8, 4) is 0 Å². The smallest absolute Gasteiger partial charge is 0.196 e. The topological polar surface area (TPSA) is 38.4 Å². The highest BCUT2D eigenvalue weighted by Crippen LogP contribution is 2.09. The molecular weight excluding hydrogens is 84.0 g/mol. The molecule has 35 valence electrons. The van der Waals surface area contributed by atoms with Crippen LogP contribution in [0.1, 0.15) is 6.42 Å². The van der Waals surface area contributed by atoms with E-state index in [4.69, 9.17) is 0 Å². The van der Waals surface area contributed by atoms with Gasteiger partial charge in [-0.25, -0.2) is 0 Å². The van der Waals surface area contributed by atoms with E-state index in [0.29, 0.717) is 6.61 Å². The van der Waals surface area contributed by atoms with Crippen molar-refractivity contribution in [1.29, 1.82) is 0 Å². The molecule has 0 spiro atoms. The lowest BCUT2D eigenvalue weighted by Gasteiger charge is -2.20. The Kier molecular flexibility index (Phi) is 1.05. The molecular formula is C3H5O3. The van der Waals surface area contributed by atoms with Crippen molar-refractivity contribution < 1.29 is 14.9 Å². The van der Waals surface area contributed by atoms with Crippen LogP contribution >= 0.6 is 0 Å². The van der Waals surface area contributed by atoms with E-state index in [1.54, 1.807) is 0 Å². The predicted molar refractivity (Wildman–Crippen MR) is 16.1 cm³/mol. The molecule has 0 bridgehead atoms. The molecule has 0 amide bonds. The van der Waals surface area contributed by atoms with Crippen LogP contribution in [0.5, 0.6) is 0 Å². The quantitative estimate of drug-likeness (QED) is 0.337. The van der Waals surface area contributed by atoms with Gasteiger partial charge in [-0.3, -0.25) is 0 Å². The van der Waals surface area contributed by atoms with Gasteiger partial charge in [0.1, 0.15) is 0 Å². The van der Waals surface area contributed by atoms with Gasteiger partial charge < -0.3 is 4.74 Å². The Labute approximate surface area is 35.4 Å². The van der Waals surface area contributed by atoms with E-state index >= 15 is 0 Å². The van der Waals surface area contributed by atoms with E-state index in [0.717, 1.165) is 6.42 Å². The van der Waals surface area contributed by atoms with Gasteiger partial charge in [0.15, 0.2) is 6.29 Å². The fourth-order valence-electron chi connectivity index (χ4n) is 0.290. The zero-order valence-corrected chi connectivity index (χ0v) is 3.22. The molecule has 1 saturated heterocycles. The third-order valence-electron chi connectivity index (χ3n) is 0.765. The average molecular weight is 89.1 g/mol. The molecule has 0 saturated carbocycles. The Morgan fingerprint density at radius 2 is 2.50 bits per heavy atom. The Morgan fingerprint density at radius 3 is 2.50 bits per heavy atom. The van der Waals surface area contributed by atoms with Crippen molar-refractivity contribution >= 4 is 0 Å². The summed E-state index contributed by atoms with van der Waals surface area (Å²) in [4.78, 5) is 3.51. The van der Waals surface area contributed by atoms with Crippen LogP contribution in [-0.2, 0) is 14.9 Å². The van der Waals surface area contributed by atoms with Gasteiger partial charge in [-0.15, -0.1) is 0 Å². The second-order valence-electron chi connectivity index (χ2n) is 1.19. The first-order chi connectivity index (χ1) is 2.93. The molecule has 1 atom stereocenters. The van der Waals surface area contributed by atoms with E-state index < -0.39 is 6.29 Å². The average Bonchev–Trinajstić information content (AvgIpc) is 1.31. The number of ether oxygens (including phenoxy) is 1. The number of hydrogen-bond donors (Lipinski definition) is 0. The van der Waals surface area contributed by atoms with Crippen molar-refractivity contribution in [2.75, 3.05) is 6.61 Å². The van der Waals surface area contributed by atoms with Crippen LogP contribution in [0.3, 0.4) is 0 Å². The molecule has 1 aliphatic rings. The molecule has 0 aliphatic carbocycles. The van der Waals surface area contributed by atoms with Gasteiger partial charge in [-0.05, 0) is 5.26 Å². The lowest BCUT2D eigenvalue weighted by Crippen LogP contribution is -2.27. The van der Waals surface area contributed by atoms with E-state index in [2.05, 4.69) is 9.62 Å². The normalized spacial score (nSPS) is 32.5. The van der Waals surface area contributed by atoms with Gasteiger partial charge in [-0.1, -0.05) is 0 Å². The molecule has 1 aliphatic heterocycles. The summed E-state index contributed by atoms with van der Waals surface area (Å²) < 4.78 is 4.55. The van der Waals surface area contributed by atoms with Gasteiger partial charge in [-0.2, -0.15) is 4.89 Å². The van der Waals surface area contributed by atoms with Crippen molar-refractivity contribution in [1.82, 2.24) is 0 Å². The highest BCUT2D eigenvalue weighted by Gasteiger charge is 2.18. The Bertz CT molecular complexity index is 38.5. The summed E-state index contributed by atoms with van der Waals surface area (Å²) in [6.45, 7) is 0.674. The minimum atomic E-state index is -0.440. The van der Waals surface area contributed by atoms with Gasteiger partial charge >= 0.3 is 0 Å². The van der Waals surface area contributed by atoms with Crippen molar-refractivity contribution in [2.45, 2.75) is 12.7 Å². The lowest BCUT2D eigenvalue weighted by molar-refractivity contribution is -0.417. The summed E-state index contributed by atoms with van der Waals surface area (Å²) in [7, 11) is 0. The first-order valence-electron chi connectivity index (χ1n) is 1.83. The first-order valence-corrected chi connectivity index (χ1v) is 1.83. The summed E-state index contributed by atoms with van der Waals surface area (Å²) in [5.41, 5.74) is 0. The molecule has 0 aromatic rings. The van der Waals surface area contributed by atoms with Crippen LogP contribution in [0.15, 0.2) is 0 Å². The van der Waals surface area contributed by atoms with Gasteiger partial charge in [0, 0.05) is 6.42 Å². The third kappa shape index (κ3) is 0.518. The largest absolute Gasteiger partial charge is 0.349 e. The molecule has 6 heavy (non-hydrogen) atoms.